The minimum atomic E-state index is -0.489. The first-order valence-corrected chi connectivity index (χ1v) is 7.46. The van der Waals surface area contributed by atoms with Crippen molar-refractivity contribution in [2.24, 2.45) is 0 Å². The van der Waals surface area contributed by atoms with Gasteiger partial charge in [0.2, 0.25) is 0 Å². The van der Waals surface area contributed by atoms with Gasteiger partial charge < -0.3 is 14.0 Å². The zero-order valence-electron chi connectivity index (χ0n) is 11.1. The summed E-state index contributed by atoms with van der Waals surface area (Å²) in [6.07, 6.45) is 0. The Morgan fingerprint density at radius 3 is 1.60 bits per heavy atom. The van der Waals surface area contributed by atoms with Gasteiger partial charge in [-0.2, -0.15) is 0 Å². The van der Waals surface area contributed by atoms with E-state index < -0.39 is 9.68 Å². The van der Waals surface area contributed by atoms with Gasteiger partial charge in [0.15, 0.2) is 15.6 Å². The standard InChI is InChI=1S/C11H27NO2Si/c1-7-13-11(14-8-2)15-12(9(3)4)10(5)6/h9-11H,7-8,15H2,1-6H3. The lowest BCUT2D eigenvalue weighted by Gasteiger charge is -2.33. The molecule has 0 unspecified atom stereocenters. The summed E-state index contributed by atoms with van der Waals surface area (Å²) in [6.45, 7) is 14.5. The topological polar surface area (TPSA) is 21.7 Å². The lowest BCUT2D eigenvalue weighted by atomic mass is 10.3. The molecule has 0 aromatic heterocycles. The molecule has 15 heavy (non-hydrogen) atoms. The Kier molecular flexibility index (Phi) is 8.33. The van der Waals surface area contributed by atoms with Crippen molar-refractivity contribution in [2.45, 2.75) is 59.5 Å². The van der Waals surface area contributed by atoms with E-state index in [0.29, 0.717) is 12.1 Å². The summed E-state index contributed by atoms with van der Waals surface area (Å²) >= 11 is 0. The van der Waals surface area contributed by atoms with E-state index in [2.05, 4.69) is 32.3 Å². The molecule has 0 aromatic carbocycles. The third-order valence-corrected chi connectivity index (χ3v) is 5.04. The average Bonchev–Trinajstić information content (AvgIpc) is 2.13. The van der Waals surface area contributed by atoms with Crippen LogP contribution in [0.1, 0.15) is 41.5 Å². The van der Waals surface area contributed by atoms with Gasteiger partial charge in [-0.25, -0.2) is 0 Å². The molecule has 92 valence electrons. The van der Waals surface area contributed by atoms with Crippen LogP contribution in [0.2, 0.25) is 0 Å². The van der Waals surface area contributed by atoms with Crippen molar-refractivity contribution >= 4 is 9.68 Å². The van der Waals surface area contributed by atoms with E-state index in [4.69, 9.17) is 9.47 Å². The minimum absolute atomic E-state index is 0.0461. The summed E-state index contributed by atoms with van der Waals surface area (Å²) in [5, 5.41) is 0. The number of hydrogen-bond donors (Lipinski definition) is 0. The number of nitrogens with zero attached hydrogens (tertiary/aromatic N) is 1. The fourth-order valence-corrected chi connectivity index (χ4v) is 3.59. The second-order valence-corrected chi connectivity index (χ2v) is 5.99. The van der Waals surface area contributed by atoms with Gasteiger partial charge in [0.05, 0.1) is 0 Å². The van der Waals surface area contributed by atoms with Crippen LogP contribution < -0.4 is 0 Å². The zero-order valence-corrected chi connectivity index (χ0v) is 12.5. The number of hydrogen-bond acceptors (Lipinski definition) is 3. The van der Waals surface area contributed by atoms with E-state index in [-0.39, 0.29) is 5.91 Å². The van der Waals surface area contributed by atoms with Gasteiger partial charge in [-0.3, -0.25) is 0 Å². The van der Waals surface area contributed by atoms with Crippen molar-refractivity contribution in [2.75, 3.05) is 13.2 Å². The molecule has 0 spiro atoms. The Hall–Kier alpha value is 0.0969. The summed E-state index contributed by atoms with van der Waals surface area (Å²) in [7, 11) is -0.489. The molecule has 0 aliphatic carbocycles. The Morgan fingerprint density at radius 2 is 1.33 bits per heavy atom. The second-order valence-electron chi connectivity index (χ2n) is 4.22. The van der Waals surface area contributed by atoms with Crippen LogP contribution in [0.25, 0.3) is 0 Å². The van der Waals surface area contributed by atoms with Crippen molar-refractivity contribution < 1.29 is 9.47 Å². The molecule has 4 heteroatoms. The average molecular weight is 233 g/mol. The fraction of sp³-hybridized carbons (Fsp3) is 1.00. The SMILES string of the molecule is CCOC(OCC)[SiH2]N(C(C)C)C(C)C. The van der Waals surface area contributed by atoms with Crippen LogP contribution in [0.15, 0.2) is 0 Å². The van der Waals surface area contributed by atoms with Crippen molar-refractivity contribution in [3.05, 3.63) is 0 Å². The molecule has 3 nitrogen and oxygen atoms in total. The third kappa shape index (κ3) is 6.30. The molecule has 0 atom stereocenters. The molecule has 0 bridgehead atoms. The van der Waals surface area contributed by atoms with Crippen molar-refractivity contribution in [3.63, 3.8) is 0 Å². The molecule has 0 amide bonds. The maximum Gasteiger partial charge on any atom is 0.162 e. The van der Waals surface area contributed by atoms with Crippen molar-refractivity contribution in [3.8, 4) is 0 Å². The van der Waals surface area contributed by atoms with Crippen LogP contribution >= 0.6 is 0 Å². The van der Waals surface area contributed by atoms with E-state index in [9.17, 15) is 0 Å². The van der Waals surface area contributed by atoms with E-state index in [1.807, 2.05) is 13.8 Å². The monoisotopic (exact) mass is 233 g/mol. The maximum atomic E-state index is 5.61. The highest BCUT2D eigenvalue weighted by Gasteiger charge is 2.20. The molecule has 0 fully saturated rings. The summed E-state index contributed by atoms with van der Waals surface area (Å²) in [4.78, 5) is 0. The van der Waals surface area contributed by atoms with Crippen LogP contribution in [-0.4, -0.2) is 45.5 Å². The largest absolute Gasteiger partial charge is 0.356 e. The lowest BCUT2D eigenvalue weighted by molar-refractivity contribution is -0.0874. The predicted octanol–water partition coefficient (Wildman–Crippen LogP) is 1.55. The zero-order chi connectivity index (χ0) is 11.8. The highest BCUT2D eigenvalue weighted by molar-refractivity contribution is 6.33. The van der Waals surface area contributed by atoms with E-state index in [1.165, 1.54) is 0 Å². The molecule has 0 rings (SSSR count). The number of ether oxygens (including phenoxy) is 2. The molecule has 0 aliphatic rings. The molecule has 0 aliphatic heterocycles. The van der Waals surface area contributed by atoms with Gasteiger partial charge in [0.25, 0.3) is 0 Å². The highest BCUT2D eigenvalue weighted by atomic mass is 28.2. The van der Waals surface area contributed by atoms with E-state index in [1.54, 1.807) is 0 Å². The van der Waals surface area contributed by atoms with E-state index >= 15 is 0 Å². The molecule has 0 heterocycles. The van der Waals surface area contributed by atoms with Gasteiger partial charge in [-0.1, -0.05) is 27.7 Å². The van der Waals surface area contributed by atoms with Crippen LogP contribution in [0.3, 0.4) is 0 Å². The molecule has 0 N–H and O–H groups in total. The van der Waals surface area contributed by atoms with Gasteiger partial charge in [0, 0.05) is 13.2 Å². The summed E-state index contributed by atoms with van der Waals surface area (Å²) in [5.41, 5.74) is 0. The molecular formula is C11H27NO2Si. The molecule has 0 aromatic rings. The first-order chi connectivity index (χ1) is 7.02. The van der Waals surface area contributed by atoms with Gasteiger partial charge >= 0.3 is 0 Å². The predicted molar refractivity (Wildman–Crippen MR) is 67.7 cm³/mol. The van der Waals surface area contributed by atoms with Crippen LogP contribution in [0, 0.1) is 0 Å². The fourth-order valence-electron chi connectivity index (χ4n) is 1.72. The molecule has 0 radical (unpaired) electrons. The normalized spacial score (nSPS) is 13.2. The second kappa shape index (κ2) is 8.27. The Bertz CT molecular complexity index is 140. The Labute approximate surface area is 97.0 Å². The van der Waals surface area contributed by atoms with E-state index in [0.717, 1.165) is 13.2 Å². The van der Waals surface area contributed by atoms with Gasteiger partial charge in [-0.05, 0) is 25.9 Å². The van der Waals surface area contributed by atoms with Gasteiger partial charge in [-0.15, -0.1) is 0 Å². The quantitative estimate of drug-likeness (QED) is 0.469. The molecular weight excluding hydrogens is 206 g/mol. The minimum Gasteiger partial charge on any atom is -0.356 e. The molecule has 0 saturated carbocycles. The third-order valence-electron chi connectivity index (χ3n) is 2.39. The Morgan fingerprint density at radius 1 is 0.933 bits per heavy atom. The summed E-state index contributed by atoms with van der Waals surface area (Å²) < 4.78 is 13.7. The maximum absolute atomic E-state index is 5.61. The first-order valence-electron chi connectivity index (χ1n) is 6.01. The smallest absolute Gasteiger partial charge is 0.162 e. The highest BCUT2D eigenvalue weighted by Crippen LogP contribution is 2.06. The van der Waals surface area contributed by atoms with Crippen LogP contribution in [0.4, 0.5) is 0 Å². The summed E-state index contributed by atoms with van der Waals surface area (Å²) in [6, 6.07) is 1.17. The van der Waals surface area contributed by atoms with Gasteiger partial charge in [0.1, 0.15) is 0 Å². The molecule has 0 saturated heterocycles. The number of rotatable bonds is 8. The lowest BCUT2D eigenvalue weighted by Crippen LogP contribution is -2.46. The summed E-state index contributed by atoms with van der Waals surface area (Å²) in [5.74, 6) is 0.0461. The van der Waals surface area contributed by atoms with Crippen LogP contribution in [0.5, 0.6) is 0 Å². The van der Waals surface area contributed by atoms with Crippen molar-refractivity contribution in [1.82, 2.24) is 4.57 Å². The van der Waals surface area contributed by atoms with Crippen molar-refractivity contribution in [1.29, 1.82) is 0 Å². The first kappa shape index (κ1) is 15.1. The Balaban J connectivity index is 4.19. The van der Waals surface area contributed by atoms with Crippen LogP contribution in [-0.2, 0) is 9.47 Å².